The van der Waals surface area contributed by atoms with Crippen LogP contribution in [0.5, 0.6) is 0 Å². The van der Waals surface area contributed by atoms with E-state index < -0.39 is 0 Å². The molecule has 1 aliphatic heterocycles. The zero-order valence-electron chi connectivity index (χ0n) is 11.7. The molecule has 1 aromatic heterocycles. The normalized spacial score (nSPS) is 18.7. The Labute approximate surface area is 132 Å². The van der Waals surface area contributed by atoms with E-state index in [1.807, 2.05) is 23.1 Å². The minimum atomic E-state index is -0.0890. The van der Waals surface area contributed by atoms with Crippen LogP contribution in [0.1, 0.15) is 24.8 Å². The van der Waals surface area contributed by atoms with Gasteiger partial charge < -0.3 is 4.90 Å². The van der Waals surface area contributed by atoms with Crippen molar-refractivity contribution >= 4 is 22.0 Å². The summed E-state index contributed by atoms with van der Waals surface area (Å²) in [6, 6.07) is 10.5. The van der Waals surface area contributed by atoms with Gasteiger partial charge in [-0.1, -0.05) is 35.5 Å². The van der Waals surface area contributed by atoms with Gasteiger partial charge in [-0.2, -0.15) is 4.68 Å². The van der Waals surface area contributed by atoms with Crippen molar-refractivity contribution < 1.29 is 4.79 Å². The topological polar surface area (TPSA) is 51.0 Å². The molecule has 5 nitrogen and oxygen atoms in total. The molecular weight excluding hydrogens is 332 g/mol. The SMILES string of the molecule is O=C(N1CCCCC1Cc1ccccc1)n1cc(Br)nn1. The van der Waals surface area contributed by atoms with Gasteiger partial charge in [-0.05, 0) is 47.2 Å². The lowest BCUT2D eigenvalue weighted by molar-refractivity contribution is 0.149. The average Bonchev–Trinajstić information content (AvgIpc) is 2.95. The van der Waals surface area contributed by atoms with Crippen molar-refractivity contribution in [2.75, 3.05) is 6.54 Å². The number of hydrogen-bond donors (Lipinski definition) is 0. The molecule has 1 aromatic carbocycles. The smallest absolute Gasteiger partial charge is 0.320 e. The molecule has 1 fully saturated rings. The molecule has 0 spiro atoms. The largest absolute Gasteiger partial charge is 0.346 e. The number of rotatable bonds is 2. The maximum atomic E-state index is 12.6. The van der Waals surface area contributed by atoms with E-state index in [9.17, 15) is 4.79 Å². The molecule has 3 rings (SSSR count). The summed E-state index contributed by atoms with van der Waals surface area (Å²) in [7, 11) is 0. The lowest BCUT2D eigenvalue weighted by atomic mass is 9.96. The molecule has 0 saturated carbocycles. The number of benzene rings is 1. The second kappa shape index (κ2) is 6.39. The summed E-state index contributed by atoms with van der Waals surface area (Å²) in [5.41, 5.74) is 1.27. The van der Waals surface area contributed by atoms with Gasteiger partial charge in [-0.25, -0.2) is 4.79 Å². The monoisotopic (exact) mass is 348 g/mol. The van der Waals surface area contributed by atoms with Crippen LogP contribution in [-0.4, -0.2) is 38.5 Å². The van der Waals surface area contributed by atoms with Crippen LogP contribution in [-0.2, 0) is 6.42 Å². The zero-order chi connectivity index (χ0) is 14.7. The van der Waals surface area contributed by atoms with Crippen LogP contribution < -0.4 is 0 Å². The third-order valence-electron chi connectivity index (χ3n) is 3.85. The molecule has 1 saturated heterocycles. The molecule has 110 valence electrons. The van der Waals surface area contributed by atoms with E-state index in [2.05, 4.69) is 38.4 Å². The number of piperidine rings is 1. The third-order valence-corrected chi connectivity index (χ3v) is 4.21. The summed E-state index contributed by atoms with van der Waals surface area (Å²) in [4.78, 5) is 14.5. The molecule has 0 radical (unpaired) electrons. The Kier molecular flexibility index (Phi) is 4.34. The van der Waals surface area contributed by atoms with E-state index >= 15 is 0 Å². The Morgan fingerprint density at radius 3 is 2.81 bits per heavy atom. The van der Waals surface area contributed by atoms with Crippen LogP contribution in [0.3, 0.4) is 0 Å². The number of nitrogens with zero attached hydrogens (tertiary/aromatic N) is 4. The van der Waals surface area contributed by atoms with Crippen LogP contribution in [0, 0.1) is 0 Å². The number of aromatic nitrogens is 3. The van der Waals surface area contributed by atoms with Gasteiger partial charge in [-0.15, -0.1) is 5.10 Å². The number of amides is 1. The summed E-state index contributed by atoms with van der Waals surface area (Å²) in [5.74, 6) is 0. The van der Waals surface area contributed by atoms with Crippen molar-refractivity contribution in [3.05, 3.63) is 46.7 Å². The maximum absolute atomic E-state index is 12.6. The first-order valence-corrected chi connectivity index (χ1v) is 7.96. The molecule has 6 heteroatoms. The summed E-state index contributed by atoms with van der Waals surface area (Å²) >= 11 is 3.23. The van der Waals surface area contributed by atoms with Gasteiger partial charge in [0.15, 0.2) is 0 Å². The molecule has 2 heterocycles. The van der Waals surface area contributed by atoms with Gasteiger partial charge in [0.25, 0.3) is 0 Å². The van der Waals surface area contributed by atoms with E-state index in [1.165, 1.54) is 16.7 Å². The highest BCUT2D eigenvalue weighted by molar-refractivity contribution is 9.10. The quantitative estimate of drug-likeness (QED) is 0.837. The number of hydrogen-bond acceptors (Lipinski definition) is 3. The molecule has 1 atom stereocenters. The van der Waals surface area contributed by atoms with Crippen molar-refractivity contribution in [2.45, 2.75) is 31.7 Å². The van der Waals surface area contributed by atoms with Crippen LogP contribution in [0.15, 0.2) is 41.1 Å². The van der Waals surface area contributed by atoms with Gasteiger partial charge in [0.1, 0.15) is 4.60 Å². The van der Waals surface area contributed by atoms with Crippen LogP contribution in [0.4, 0.5) is 4.79 Å². The van der Waals surface area contributed by atoms with Gasteiger partial charge in [0.05, 0.1) is 6.20 Å². The van der Waals surface area contributed by atoms with Gasteiger partial charge in [-0.3, -0.25) is 0 Å². The molecule has 1 unspecified atom stereocenters. The van der Waals surface area contributed by atoms with Crippen LogP contribution in [0.2, 0.25) is 0 Å². The molecule has 0 bridgehead atoms. The Morgan fingerprint density at radius 2 is 2.10 bits per heavy atom. The third kappa shape index (κ3) is 3.32. The van der Waals surface area contributed by atoms with Crippen molar-refractivity contribution in [1.82, 2.24) is 19.9 Å². The summed E-state index contributed by atoms with van der Waals surface area (Å²) in [6.45, 7) is 0.786. The predicted molar refractivity (Wildman–Crippen MR) is 83.0 cm³/mol. The molecule has 0 aliphatic carbocycles. The molecule has 2 aromatic rings. The minimum absolute atomic E-state index is 0.0890. The Morgan fingerprint density at radius 1 is 1.29 bits per heavy atom. The van der Waals surface area contributed by atoms with Crippen molar-refractivity contribution in [3.8, 4) is 0 Å². The first-order chi connectivity index (χ1) is 10.2. The standard InChI is InChI=1S/C15H17BrN4O/c16-14-11-20(18-17-14)15(21)19-9-5-4-8-13(19)10-12-6-2-1-3-7-12/h1-3,6-7,11,13H,4-5,8-10H2. The molecule has 21 heavy (non-hydrogen) atoms. The fourth-order valence-electron chi connectivity index (χ4n) is 2.82. The highest BCUT2D eigenvalue weighted by Gasteiger charge is 2.28. The minimum Gasteiger partial charge on any atom is -0.320 e. The lowest BCUT2D eigenvalue weighted by Gasteiger charge is -2.35. The van der Waals surface area contributed by atoms with Crippen molar-refractivity contribution in [2.24, 2.45) is 0 Å². The Bertz CT molecular complexity index is 613. The summed E-state index contributed by atoms with van der Waals surface area (Å²) in [5, 5.41) is 7.68. The van der Waals surface area contributed by atoms with E-state index in [0.29, 0.717) is 4.60 Å². The number of halogens is 1. The highest BCUT2D eigenvalue weighted by Crippen LogP contribution is 2.21. The fourth-order valence-corrected chi connectivity index (χ4v) is 3.08. The van der Waals surface area contributed by atoms with Gasteiger partial charge >= 0.3 is 6.03 Å². The van der Waals surface area contributed by atoms with Crippen molar-refractivity contribution in [1.29, 1.82) is 0 Å². The molecule has 1 aliphatic rings. The second-order valence-electron chi connectivity index (χ2n) is 5.30. The maximum Gasteiger partial charge on any atom is 0.346 e. The average molecular weight is 349 g/mol. The van der Waals surface area contributed by atoms with Gasteiger partial charge in [0, 0.05) is 12.6 Å². The lowest BCUT2D eigenvalue weighted by Crippen LogP contribution is -2.46. The molecule has 1 amide bonds. The summed E-state index contributed by atoms with van der Waals surface area (Å²) < 4.78 is 1.89. The molecule has 0 N–H and O–H groups in total. The number of carbonyl (C=O) groups excluding carboxylic acids is 1. The first-order valence-electron chi connectivity index (χ1n) is 7.17. The van der Waals surface area contributed by atoms with E-state index in [4.69, 9.17) is 0 Å². The Hall–Kier alpha value is -1.69. The van der Waals surface area contributed by atoms with E-state index in [-0.39, 0.29) is 12.1 Å². The zero-order valence-corrected chi connectivity index (χ0v) is 13.2. The van der Waals surface area contributed by atoms with Gasteiger partial charge in [0.2, 0.25) is 0 Å². The first kappa shape index (κ1) is 14.3. The highest BCUT2D eigenvalue weighted by atomic mass is 79.9. The predicted octanol–water partition coefficient (Wildman–Crippen LogP) is 3.11. The molecular formula is C15H17BrN4O. The fraction of sp³-hybridized carbons (Fsp3) is 0.400. The van der Waals surface area contributed by atoms with Crippen molar-refractivity contribution in [3.63, 3.8) is 0 Å². The van der Waals surface area contributed by atoms with Crippen LogP contribution in [0.25, 0.3) is 0 Å². The number of likely N-dealkylation sites (tertiary alicyclic amines) is 1. The van der Waals surface area contributed by atoms with Crippen LogP contribution >= 0.6 is 15.9 Å². The number of carbonyl (C=O) groups is 1. The Balaban J connectivity index is 1.76. The second-order valence-corrected chi connectivity index (χ2v) is 6.11. The van der Waals surface area contributed by atoms with E-state index in [1.54, 1.807) is 6.20 Å². The summed E-state index contributed by atoms with van der Waals surface area (Å²) in [6.07, 6.45) is 5.75. The van der Waals surface area contributed by atoms with E-state index in [0.717, 1.165) is 25.8 Å².